The highest BCUT2D eigenvalue weighted by molar-refractivity contribution is 4.98. The van der Waals surface area contributed by atoms with Crippen LogP contribution in [0.2, 0.25) is 0 Å². The first-order valence-corrected chi connectivity index (χ1v) is 5.97. The fraction of sp³-hybridized carbons (Fsp3) is 0.846. The van der Waals surface area contributed by atoms with Gasteiger partial charge in [0.25, 0.3) is 0 Å². The van der Waals surface area contributed by atoms with Crippen molar-refractivity contribution in [2.75, 3.05) is 0 Å². The first-order valence-electron chi connectivity index (χ1n) is 5.97. The third-order valence-corrected chi connectivity index (χ3v) is 3.80. The molecule has 0 bridgehead atoms. The molecule has 1 aliphatic rings. The van der Waals surface area contributed by atoms with Gasteiger partial charge in [0.1, 0.15) is 0 Å². The van der Waals surface area contributed by atoms with E-state index in [0.717, 1.165) is 12.8 Å². The number of nitrogens with one attached hydrogen (secondary N) is 1. The van der Waals surface area contributed by atoms with Crippen LogP contribution in [-0.2, 0) is 0 Å². The lowest BCUT2D eigenvalue weighted by molar-refractivity contribution is 0.191. The molecular weight excluding hydrogens is 184 g/mol. The van der Waals surface area contributed by atoms with E-state index in [2.05, 4.69) is 31.1 Å². The van der Waals surface area contributed by atoms with Crippen molar-refractivity contribution in [3.8, 4) is 11.8 Å². The lowest BCUT2D eigenvalue weighted by atomic mass is 9.76. The van der Waals surface area contributed by atoms with Gasteiger partial charge < -0.3 is 0 Å². The molecule has 1 rings (SSSR count). The molecule has 0 spiro atoms. The zero-order chi connectivity index (χ0) is 11.3. The zero-order valence-corrected chi connectivity index (χ0v) is 10.3. The van der Waals surface area contributed by atoms with E-state index >= 15 is 0 Å². The summed E-state index contributed by atoms with van der Waals surface area (Å²) in [7, 11) is 0. The summed E-state index contributed by atoms with van der Waals surface area (Å²) in [4.78, 5) is 0. The van der Waals surface area contributed by atoms with Crippen LogP contribution in [0.15, 0.2) is 0 Å². The summed E-state index contributed by atoms with van der Waals surface area (Å²) in [6, 6.07) is 0.434. The molecule has 0 amide bonds. The molecular formula is C13H24N2. The predicted molar refractivity (Wildman–Crippen MR) is 64.9 cm³/mol. The van der Waals surface area contributed by atoms with Crippen molar-refractivity contribution in [1.29, 1.82) is 0 Å². The van der Waals surface area contributed by atoms with Crippen LogP contribution in [0.5, 0.6) is 0 Å². The van der Waals surface area contributed by atoms with E-state index in [0.29, 0.717) is 17.4 Å². The quantitative estimate of drug-likeness (QED) is 0.423. The maximum absolute atomic E-state index is 5.66. The third-order valence-electron chi connectivity index (χ3n) is 3.80. The maximum Gasteiger partial charge on any atom is 0.0252 e. The SMILES string of the molecule is CC#CCCC(NN)C1CCCC1(C)C. The van der Waals surface area contributed by atoms with E-state index in [1.807, 2.05) is 6.92 Å². The van der Waals surface area contributed by atoms with E-state index in [1.165, 1.54) is 19.3 Å². The van der Waals surface area contributed by atoms with Gasteiger partial charge in [0.05, 0.1) is 0 Å². The minimum absolute atomic E-state index is 0.434. The lowest BCUT2D eigenvalue weighted by Gasteiger charge is -2.33. The first kappa shape index (κ1) is 12.5. The fourth-order valence-electron chi connectivity index (χ4n) is 2.85. The molecule has 1 aliphatic carbocycles. The molecule has 0 heterocycles. The van der Waals surface area contributed by atoms with Crippen LogP contribution in [0.25, 0.3) is 0 Å². The Bertz CT molecular complexity index is 247. The van der Waals surface area contributed by atoms with Crippen molar-refractivity contribution in [3.63, 3.8) is 0 Å². The Kier molecular flexibility index (Phi) is 4.63. The zero-order valence-electron chi connectivity index (χ0n) is 10.3. The first-order chi connectivity index (χ1) is 7.11. The maximum atomic E-state index is 5.66. The summed E-state index contributed by atoms with van der Waals surface area (Å²) in [6.45, 7) is 6.62. The third kappa shape index (κ3) is 3.22. The van der Waals surface area contributed by atoms with Crippen molar-refractivity contribution in [3.05, 3.63) is 0 Å². The van der Waals surface area contributed by atoms with Crippen LogP contribution in [0.3, 0.4) is 0 Å². The van der Waals surface area contributed by atoms with Gasteiger partial charge in [-0.2, -0.15) is 0 Å². The van der Waals surface area contributed by atoms with Crippen molar-refractivity contribution in [1.82, 2.24) is 5.43 Å². The molecule has 1 saturated carbocycles. The summed E-state index contributed by atoms with van der Waals surface area (Å²) in [5.74, 6) is 12.4. The van der Waals surface area contributed by atoms with Crippen molar-refractivity contribution in [2.45, 2.75) is 58.9 Å². The molecule has 0 radical (unpaired) electrons. The van der Waals surface area contributed by atoms with Crippen LogP contribution >= 0.6 is 0 Å². The molecule has 1 fully saturated rings. The van der Waals surface area contributed by atoms with E-state index in [9.17, 15) is 0 Å². The predicted octanol–water partition coefficient (Wildman–Crippen LogP) is 2.45. The Labute approximate surface area is 94.0 Å². The molecule has 2 heteroatoms. The van der Waals surface area contributed by atoms with Gasteiger partial charge in [0.2, 0.25) is 0 Å². The number of rotatable bonds is 4. The van der Waals surface area contributed by atoms with E-state index < -0.39 is 0 Å². The van der Waals surface area contributed by atoms with Crippen LogP contribution < -0.4 is 11.3 Å². The lowest BCUT2D eigenvalue weighted by Crippen LogP contribution is -2.44. The molecule has 86 valence electrons. The Morgan fingerprint density at radius 3 is 2.73 bits per heavy atom. The minimum atomic E-state index is 0.434. The van der Waals surface area contributed by atoms with E-state index in [4.69, 9.17) is 5.84 Å². The number of nitrogens with two attached hydrogens (primary N) is 1. The second kappa shape index (κ2) is 5.53. The van der Waals surface area contributed by atoms with Gasteiger partial charge in [-0.15, -0.1) is 11.8 Å². The molecule has 0 saturated heterocycles. The van der Waals surface area contributed by atoms with Crippen LogP contribution in [-0.4, -0.2) is 6.04 Å². The van der Waals surface area contributed by atoms with Crippen molar-refractivity contribution in [2.24, 2.45) is 17.2 Å². The highest BCUT2D eigenvalue weighted by atomic mass is 15.2. The van der Waals surface area contributed by atoms with Gasteiger partial charge in [-0.1, -0.05) is 20.3 Å². The number of hydrazine groups is 1. The molecule has 0 aromatic heterocycles. The summed E-state index contributed by atoms with van der Waals surface area (Å²) in [5, 5.41) is 0. The summed E-state index contributed by atoms with van der Waals surface area (Å²) in [6.07, 6.45) is 6.01. The highest BCUT2D eigenvalue weighted by Gasteiger charge is 2.38. The number of hydrogen-bond acceptors (Lipinski definition) is 2. The molecule has 15 heavy (non-hydrogen) atoms. The molecule has 0 aromatic carbocycles. The average Bonchev–Trinajstić information content (AvgIpc) is 2.53. The second-order valence-corrected chi connectivity index (χ2v) is 5.23. The van der Waals surface area contributed by atoms with Gasteiger partial charge in [-0.25, -0.2) is 0 Å². The summed E-state index contributed by atoms with van der Waals surface area (Å²) < 4.78 is 0. The van der Waals surface area contributed by atoms with Crippen LogP contribution in [0.1, 0.15) is 52.9 Å². The smallest absolute Gasteiger partial charge is 0.0252 e. The molecule has 0 aliphatic heterocycles. The Morgan fingerprint density at radius 1 is 1.53 bits per heavy atom. The van der Waals surface area contributed by atoms with Crippen LogP contribution in [0, 0.1) is 23.2 Å². The van der Waals surface area contributed by atoms with E-state index in [-0.39, 0.29) is 0 Å². The monoisotopic (exact) mass is 208 g/mol. The van der Waals surface area contributed by atoms with E-state index in [1.54, 1.807) is 0 Å². The normalized spacial score (nSPS) is 25.7. The van der Waals surface area contributed by atoms with Crippen molar-refractivity contribution >= 4 is 0 Å². The molecule has 2 unspecified atom stereocenters. The van der Waals surface area contributed by atoms with Gasteiger partial charge >= 0.3 is 0 Å². The molecule has 3 N–H and O–H groups in total. The average molecular weight is 208 g/mol. The molecule has 0 aromatic rings. The van der Waals surface area contributed by atoms with Crippen LogP contribution in [0.4, 0.5) is 0 Å². The number of hydrogen-bond donors (Lipinski definition) is 2. The Morgan fingerprint density at radius 2 is 2.27 bits per heavy atom. The van der Waals surface area contributed by atoms with Gasteiger partial charge in [-0.3, -0.25) is 11.3 Å². The molecule has 2 nitrogen and oxygen atoms in total. The Hall–Kier alpha value is -0.520. The largest absolute Gasteiger partial charge is 0.271 e. The topological polar surface area (TPSA) is 38.0 Å². The van der Waals surface area contributed by atoms with Gasteiger partial charge in [-0.05, 0) is 37.5 Å². The second-order valence-electron chi connectivity index (χ2n) is 5.23. The summed E-state index contributed by atoms with van der Waals surface area (Å²) >= 11 is 0. The minimum Gasteiger partial charge on any atom is -0.271 e. The van der Waals surface area contributed by atoms with Gasteiger partial charge in [0, 0.05) is 12.5 Å². The fourth-order valence-corrected chi connectivity index (χ4v) is 2.85. The Balaban J connectivity index is 2.52. The van der Waals surface area contributed by atoms with Gasteiger partial charge in [0.15, 0.2) is 0 Å². The summed E-state index contributed by atoms with van der Waals surface area (Å²) in [5.41, 5.74) is 3.43. The standard InChI is InChI=1S/C13H24N2/c1-4-5-6-9-12(15-14)11-8-7-10-13(11,2)3/h11-12,15H,6-10,14H2,1-3H3. The molecule has 2 atom stereocenters. The van der Waals surface area contributed by atoms with Crippen molar-refractivity contribution < 1.29 is 0 Å². The highest BCUT2D eigenvalue weighted by Crippen LogP contribution is 2.44.